The highest BCUT2D eigenvalue weighted by atomic mass is 16.4. The first-order valence-electron chi connectivity index (χ1n) is 7.02. The molecule has 1 heterocycles. The Morgan fingerprint density at radius 3 is 2.65 bits per heavy atom. The standard InChI is InChI=1S/C14H21N3O3/c1-10-11(9-16-17-10)8-15-12(18)7-14(13(19)20)5-3-2-4-6-14/h9H,2-8H2,1H3,(H,15,18)(H,16,17)(H,19,20). The van der Waals surface area contributed by atoms with Crippen molar-refractivity contribution in [1.82, 2.24) is 15.5 Å². The number of carboxylic acid groups (broad SMARTS) is 1. The van der Waals surface area contributed by atoms with E-state index < -0.39 is 11.4 Å². The molecule has 2 rings (SSSR count). The van der Waals surface area contributed by atoms with Crippen molar-refractivity contribution in [3.63, 3.8) is 0 Å². The van der Waals surface area contributed by atoms with Crippen LogP contribution in [0.5, 0.6) is 0 Å². The first-order chi connectivity index (χ1) is 9.53. The summed E-state index contributed by atoms with van der Waals surface area (Å²) < 4.78 is 0. The van der Waals surface area contributed by atoms with Gasteiger partial charge in [0.1, 0.15) is 0 Å². The van der Waals surface area contributed by atoms with Crippen molar-refractivity contribution in [1.29, 1.82) is 0 Å². The molecule has 1 aliphatic carbocycles. The van der Waals surface area contributed by atoms with Crippen LogP contribution in [-0.2, 0) is 16.1 Å². The normalized spacial score (nSPS) is 17.6. The van der Waals surface area contributed by atoms with Crippen molar-refractivity contribution in [3.8, 4) is 0 Å². The molecule has 1 amide bonds. The maximum absolute atomic E-state index is 12.0. The number of hydrogen-bond donors (Lipinski definition) is 3. The SMILES string of the molecule is Cc1[nH]ncc1CNC(=O)CC1(C(=O)O)CCCCC1. The minimum absolute atomic E-state index is 0.0687. The number of nitrogens with zero attached hydrogens (tertiary/aromatic N) is 1. The van der Waals surface area contributed by atoms with Gasteiger partial charge in [-0.05, 0) is 19.8 Å². The lowest BCUT2D eigenvalue weighted by Crippen LogP contribution is -2.39. The first-order valence-corrected chi connectivity index (χ1v) is 7.02. The number of amides is 1. The van der Waals surface area contributed by atoms with Crippen LogP contribution < -0.4 is 5.32 Å². The molecule has 0 aliphatic heterocycles. The predicted octanol–water partition coefficient (Wildman–Crippen LogP) is 1.76. The third-order valence-corrected chi connectivity index (χ3v) is 4.17. The summed E-state index contributed by atoms with van der Waals surface area (Å²) in [5, 5.41) is 18.9. The Morgan fingerprint density at radius 2 is 2.10 bits per heavy atom. The molecule has 1 fully saturated rings. The van der Waals surface area contributed by atoms with Crippen LogP contribution in [0, 0.1) is 12.3 Å². The maximum Gasteiger partial charge on any atom is 0.310 e. The number of carbonyl (C=O) groups excluding carboxylic acids is 1. The van der Waals surface area contributed by atoms with Crippen LogP contribution in [0.3, 0.4) is 0 Å². The summed E-state index contributed by atoms with van der Waals surface area (Å²) in [5.74, 6) is -1.04. The van der Waals surface area contributed by atoms with E-state index in [1.54, 1.807) is 6.20 Å². The Labute approximate surface area is 118 Å². The highest BCUT2D eigenvalue weighted by molar-refractivity contribution is 5.85. The average molecular weight is 279 g/mol. The Hall–Kier alpha value is -1.85. The lowest BCUT2D eigenvalue weighted by molar-refractivity contribution is -0.154. The van der Waals surface area contributed by atoms with Gasteiger partial charge in [0, 0.05) is 24.2 Å². The van der Waals surface area contributed by atoms with Crippen molar-refractivity contribution < 1.29 is 14.7 Å². The van der Waals surface area contributed by atoms with Crippen molar-refractivity contribution in [2.24, 2.45) is 5.41 Å². The number of rotatable bonds is 5. The molecule has 0 saturated heterocycles. The second-order valence-electron chi connectivity index (χ2n) is 5.62. The third kappa shape index (κ3) is 3.18. The molecule has 6 nitrogen and oxygen atoms in total. The third-order valence-electron chi connectivity index (χ3n) is 4.17. The van der Waals surface area contributed by atoms with Gasteiger partial charge in [-0.1, -0.05) is 19.3 Å². The van der Waals surface area contributed by atoms with Crippen molar-refractivity contribution >= 4 is 11.9 Å². The number of carboxylic acids is 1. The summed E-state index contributed by atoms with van der Waals surface area (Å²) in [4.78, 5) is 23.5. The average Bonchev–Trinajstić information content (AvgIpc) is 2.83. The smallest absolute Gasteiger partial charge is 0.310 e. The molecule has 0 spiro atoms. The quantitative estimate of drug-likeness (QED) is 0.765. The molecule has 1 aromatic rings. The van der Waals surface area contributed by atoms with Gasteiger partial charge in [-0.2, -0.15) is 5.10 Å². The highest BCUT2D eigenvalue weighted by Crippen LogP contribution is 2.39. The van der Waals surface area contributed by atoms with Gasteiger partial charge >= 0.3 is 5.97 Å². The van der Waals surface area contributed by atoms with Crippen LogP contribution in [0.4, 0.5) is 0 Å². The molecule has 1 aromatic heterocycles. The fourth-order valence-electron chi connectivity index (χ4n) is 2.81. The van der Waals surface area contributed by atoms with E-state index in [4.69, 9.17) is 0 Å². The molecule has 6 heteroatoms. The summed E-state index contributed by atoms with van der Waals surface area (Å²) in [6.07, 6.45) is 5.77. The minimum atomic E-state index is -0.867. The zero-order valence-electron chi connectivity index (χ0n) is 11.7. The summed E-state index contributed by atoms with van der Waals surface area (Å²) in [7, 11) is 0. The topological polar surface area (TPSA) is 95.1 Å². The van der Waals surface area contributed by atoms with E-state index in [1.165, 1.54) is 0 Å². The molecular weight excluding hydrogens is 258 g/mol. The second kappa shape index (κ2) is 6.07. The van der Waals surface area contributed by atoms with Crippen LogP contribution in [0.2, 0.25) is 0 Å². The van der Waals surface area contributed by atoms with Crippen LogP contribution in [-0.4, -0.2) is 27.2 Å². The Morgan fingerprint density at radius 1 is 1.40 bits per heavy atom. The van der Waals surface area contributed by atoms with E-state index in [9.17, 15) is 14.7 Å². The molecule has 3 N–H and O–H groups in total. The zero-order valence-corrected chi connectivity index (χ0v) is 11.7. The highest BCUT2D eigenvalue weighted by Gasteiger charge is 2.41. The molecule has 1 saturated carbocycles. The Bertz CT molecular complexity index is 490. The van der Waals surface area contributed by atoms with Crippen LogP contribution >= 0.6 is 0 Å². The lowest BCUT2D eigenvalue weighted by atomic mass is 9.71. The van der Waals surface area contributed by atoms with Gasteiger partial charge in [0.25, 0.3) is 0 Å². The van der Waals surface area contributed by atoms with Gasteiger partial charge < -0.3 is 10.4 Å². The second-order valence-corrected chi connectivity index (χ2v) is 5.62. The number of H-pyrrole nitrogens is 1. The van der Waals surface area contributed by atoms with Gasteiger partial charge in [-0.3, -0.25) is 14.7 Å². The van der Waals surface area contributed by atoms with E-state index in [-0.39, 0.29) is 12.3 Å². The largest absolute Gasteiger partial charge is 0.481 e. The molecule has 1 aliphatic rings. The van der Waals surface area contributed by atoms with Gasteiger partial charge in [0.15, 0.2) is 0 Å². The van der Waals surface area contributed by atoms with Crippen LogP contribution in [0.25, 0.3) is 0 Å². The summed E-state index contributed by atoms with van der Waals surface area (Å²) in [6.45, 7) is 2.27. The lowest BCUT2D eigenvalue weighted by Gasteiger charge is -2.32. The van der Waals surface area contributed by atoms with Crippen LogP contribution in [0.1, 0.15) is 49.8 Å². The number of hydrogen-bond acceptors (Lipinski definition) is 3. The maximum atomic E-state index is 12.0. The number of nitrogens with one attached hydrogen (secondary N) is 2. The number of aromatic amines is 1. The van der Waals surface area contributed by atoms with Gasteiger partial charge in [0.2, 0.25) is 5.91 Å². The van der Waals surface area contributed by atoms with E-state index in [0.717, 1.165) is 30.5 Å². The van der Waals surface area contributed by atoms with Gasteiger partial charge in [-0.15, -0.1) is 0 Å². The van der Waals surface area contributed by atoms with Crippen molar-refractivity contribution in [3.05, 3.63) is 17.5 Å². The minimum Gasteiger partial charge on any atom is -0.481 e. The fourth-order valence-corrected chi connectivity index (χ4v) is 2.81. The van der Waals surface area contributed by atoms with Crippen molar-refractivity contribution in [2.75, 3.05) is 0 Å². The Kier molecular flexibility index (Phi) is 4.42. The summed E-state index contributed by atoms with van der Waals surface area (Å²) >= 11 is 0. The molecular formula is C14H21N3O3. The molecule has 110 valence electrons. The summed E-state index contributed by atoms with van der Waals surface area (Å²) in [6, 6.07) is 0. The van der Waals surface area contributed by atoms with E-state index >= 15 is 0 Å². The van der Waals surface area contributed by atoms with E-state index in [0.29, 0.717) is 19.4 Å². The van der Waals surface area contributed by atoms with Gasteiger partial charge in [-0.25, -0.2) is 0 Å². The van der Waals surface area contributed by atoms with Crippen LogP contribution in [0.15, 0.2) is 6.20 Å². The number of aryl methyl sites for hydroxylation is 1. The van der Waals surface area contributed by atoms with Crippen molar-refractivity contribution in [2.45, 2.75) is 52.0 Å². The molecule has 0 radical (unpaired) electrons. The first kappa shape index (κ1) is 14.6. The monoisotopic (exact) mass is 279 g/mol. The molecule has 0 bridgehead atoms. The molecule has 20 heavy (non-hydrogen) atoms. The van der Waals surface area contributed by atoms with Gasteiger partial charge in [0.05, 0.1) is 11.6 Å². The summed E-state index contributed by atoms with van der Waals surface area (Å²) in [5.41, 5.74) is 0.968. The molecule has 0 unspecified atom stereocenters. The van der Waals surface area contributed by atoms with E-state index in [2.05, 4.69) is 15.5 Å². The molecule has 0 atom stereocenters. The fraction of sp³-hybridized carbons (Fsp3) is 0.643. The number of carbonyl (C=O) groups is 2. The van der Waals surface area contributed by atoms with E-state index in [1.807, 2.05) is 6.92 Å². The Balaban J connectivity index is 1.92. The zero-order chi connectivity index (χ0) is 14.6. The number of aromatic nitrogens is 2. The number of aliphatic carboxylic acids is 1. The predicted molar refractivity (Wildman–Crippen MR) is 72.9 cm³/mol. The molecule has 0 aromatic carbocycles.